The molecular weight excluding hydrogens is 240 g/mol. The van der Waals surface area contributed by atoms with Crippen LogP contribution >= 0.6 is 11.6 Å². The fourth-order valence-electron chi connectivity index (χ4n) is 1.21. The molecule has 1 amide bonds. The fourth-order valence-corrected chi connectivity index (χ4v) is 2.32. The second-order valence-corrected chi connectivity index (χ2v) is 4.95. The number of hydrogen-bond donors (Lipinski definition) is 2. The number of carbonyl (C=O) groups is 1. The maximum Gasteiger partial charge on any atom is 0.249 e. The normalized spacial score (nSPS) is 11.4. The number of hydrogen-bond acceptors (Lipinski definition) is 3. The van der Waals surface area contributed by atoms with E-state index in [-0.39, 0.29) is 21.0 Å². The van der Waals surface area contributed by atoms with Crippen LogP contribution in [0.3, 0.4) is 0 Å². The molecule has 0 aromatic heterocycles. The van der Waals surface area contributed by atoms with Crippen molar-refractivity contribution in [3.05, 3.63) is 28.3 Å². The molecule has 0 unspecified atom stereocenters. The van der Waals surface area contributed by atoms with Crippen LogP contribution in [0.4, 0.5) is 0 Å². The predicted molar refractivity (Wildman–Crippen MR) is 56.1 cm³/mol. The third kappa shape index (κ3) is 2.47. The monoisotopic (exact) mass is 248 g/mol. The van der Waals surface area contributed by atoms with Gasteiger partial charge in [-0.3, -0.25) is 4.79 Å². The third-order valence-corrected chi connectivity index (χ3v) is 3.15. The van der Waals surface area contributed by atoms with Gasteiger partial charge in [0.15, 0.2) is 0 Å². The first kappa shape index (κ1) is 12.0. The number of nitrogens with two attached hydrogens (primary N) is 2. The van der Waals surface area contributed by atoms with Crippen molar-refractivity contribution in [2.24, 2.45) is 10.9 Å². The summed E-state index contributed by atoms with van der Waals surface area (Å²) in [5.74, 6) is -0.750. The number of sulfonamides is 1. The highest BCUT2D eigenvalue weighted by molar-refractivity contribution is 7.89. The van der Waals surface area contributed by atoms with Crippen molar-refractivity contribution in [2.75, 3.05) is 0 Å². The van der Waals surface area contributed by atoms with Gasteiger partial charge in [-0.25, -0.2) is 13.6 Å². The smallest absolute Gasteiger partial charge is 0.249 e. The Kier molecular flexibility index (Phi) is 3.03. The number of halogens is 1. The summed E-state index contributed by atoms with van der Waals surface area (Å²) in [7, 11) is -3.90. The minimum atomic E-state index is -3.90. The number of amides is 1. The lowest BCUT2D eigenvalue weighted by molar-refractivity contribution is 0.0999. The molecule has 0 heterocycles. The Morgan fingerprint density at radius 2 is 1.93 bits per heavy atom. The zero-order chi connectivity index (χ0) is 11.8. The molecule has 15 heavy (non-hydrogen) atoms. The summed E-state index contributed by atoms with van der Waals surface area (Å²) in [4.78, 5) is 10.8. The van der Waals surface area contributed by atoms with E-state index in [4.69, 9.17) is 22.5 Å². The van der Waals surface area contributed by atoms with Crippen LogP contribution in [0.25, 0.3) is 0 Å². The van der Waals surface area contributed by atoms with Gasteiger partial charge >= 0.3 is 0 Å². The second-order valence-electron chi connectivity index (χ2n) is 2.99. The molecule has 0 aliphatic carbocycles. The molecule has 0 bridgehead atoms. The molecule has 1 rings (SSSR count). The van der Waals surface area contributed by atoms with Gasteiger partial charge in [0.2, 0.25) is 15.9 Å². The molecule has 0 aliphatic rings. The molecule has 0 saturated carbocycles. The topological polar surface area (TPSA) is 103 Å². The molecule has 0 saturated heterocycles. The third-order valence-electron chi connectivity index (χ3n) is 1.90. The largest absolute Gasteiger partial charge is 0.366 e. The van der Waals surface area contributed by atoms with Crippen molar-refractivity contribution >= 4 is 27.5 Å². The molecule has 4 N–H and O–H groups in total. The molecule has 0 atom stereocenters. The minimum Gasteiger partial charge on any atom is -0.366 e. The molecule has 5 nitrogen and oxygen atoms in total. The molecule has 82 valence electrons. The van der Waals surface area contributed by atoms with Crippen LogP contribution in [0.1, 0.15) is 15.9 Å². The van der Waals surface area contributed by atoms with Crippen molar-refractivity contribution in [3.63, 3.8) is 0 Å². The predicted octanol–water partition coefficient (Wildman–Crippen LogP) is 0.395. The summed E-state index contributed by atoms with van der Waals surface area (Å²) in [6.07, 6.45) is 0. The first-order valence-electron chi connectivity index (χ1n) is 3.86. The van der Waals surface area contributed by atoms with Crippen LogP contribution in [-0.2, 0) is 10.0 Å². The van der Waals surface area contributed by atoms with E-state index in [0.29, 0.717) is 0 Å². The number of benzene rings is 1. The fraction of sp³-hybridized carbons (Fsp3) is 0.125. The minimum absolute atomic E-state index is 0.0477. The molecule has 0 radical (unpaired) electrons. The summed E-state index contributed by atoms with van der Waals surface area (Å²) in [6.45, 7) is 1.44. The van der Waals surface area contributed by atoms with Crippen LogP contribution < -0.4 is 10.9 Å². The Morgan fingerprint density at radius 1 is 1.40 bits per heavy atom. The second kappa shape index (κ2) is 3.80. The van der Waals surface area contributed by atoms with Crippen LogP contribution in [0.2, 0.25) is 5.02 Å². The maximum absolute atomic E-state index is 11.1. The lowest BCUT2D eigenvalue weighted by atomic mass is 10.1. The van der Waals surface area contributed by atoms with Crippen LogP contribution in [0, 0.1) is 6.92 Å². The quantitative estimate of drug-likeness (QED) is 0.791. The highest BCUT2D eigenvalue weighted by Crippen LogP contribution is 2.23. The highest BCUT2D eigenvalue weighted by atomic mass is 35.5. The van der Waals surface area contributed by atoms with Crippen molar-refractivity contribution in [1.29, 1.82) is 0 Å². The van der Waals surface area contributed by atoms with Crippen LogP contribution in [-0.4, -0.2) is 14.3 Å². The van der Waals surface area contributed by atoms with Crippen molar-refractivity contribution in [3.8, 4) is 0 Å². The first-order valence-corrected chi connectivity index (χ1v) is 5.78. The van der Waals surface area contributed by atoms with E-state index in [1.807, 2.05) is 0 Å². The zero-order valence-corrected chi connectivity index (χ0v) is 9.39. The van der Waals surface area contributed by atoms with Gasteiger partial charge in [0.05, 0.1) is 4.90 Å². The van der Waals surface area contributed by atoms with Gasteiger partial charge < -0.3 is 5.73 Å². The molecule has 7 heteroatoms. The van der Waals surface area contributed by atoms with Gasteiger partial charge in [0.25, 0.3) is 0 Å². The van der Waals surface area contributed by atoms with Crippen molar-refractivity contribution in [1.82, 2.24) is 0 Å². The summed E-state index contributed by atoms with van der Waals surface area (Å²) in [5, 5.41) is 5.05. The van der Waals surface area contributed by atoms with Gasteiger partial charge in [0, 0.05) is 10.6 Å². The first-order chi connectivity index (χ1) is 6.73. The van der Waals surface area contributed by atoms with Gasteiger partial charge in [-0.1, -0.05) is 11.6 Å². The summed E-state index contributed by atoms with van der Waals surface area (Å²) in [5.41, 5.74) is 5.31. The Morgan fingerprint density at radius 3 is 2.33 bits per heavy atom. The lowest BCUT2D eigenvalue weighted by Gasteiger charge is -2.07. The molecule has 0 fully saturated rings. The van der Waals surface area contributed by atoms with E-state index in [1.165, 1.54) is 19.1 Å². The van der Waals surface area contributed by atoms with Crippen molar-refractivity contribution < 1.29 is 13.2 Å². The number of primary amides is 1. The molecule has 1 aromatic carbocycles. The van der Waals surface area contributed by atoms with Gasteiger partial charge in [-0.05, 0) is 24.6 Å². The van der Waals surface area contributed by atoms with Crippen LogP contribution in [0.5, 0.6) is 0 Å². The van der Waals surface area contributed by atoms with Crippen molar-refractivity contribution in [2.45, 2.75) is 11.8 Å². The van der Waals surface area contributed by atoms with E-state index >= 15 is 0 Å². The standard InChI is InChI=1S/C8H9ClN2O3S/c1-4-6(8(10)12)2-5(9)3-7(4)15(11,13)14/h2-3H,1H3,(H2,10,12)(H2,11,13,14). The van der Waals surface area contributed by atoms with E-state index in [0.717, 1.165) is 0 Å². The molecular formula is C8H9ClN2O3S. The lowest BCUT2D eigenvalue weighted by Crippen LogP contribution is -2.18. The van der Waals surface area contributed by atoms with Gasteiger partial charge in [0.1, 0.15) is 0 Å². The average molecular weight is 249 g/mol. The Hall–Kier alpha value is -1.11. The van der Waals surface area contributed by atoms with E-state index in [2.05, 4.69) is 0 Å². The Balaban J connectivity index is 3.63. The summed E-state index contributed by atoms with van der Waals surface area (Å²) >= 11 is 5.64. The van der Waals surface area contributed by atoms with E-state index in [9.17, 15) is 13.2 Å². The molecule has 0 spiro atoms. The molecule has 0 aliphatic heterocycles. The highest BCUT2D eigenvalue weighted by Gasteiger charge is 2.17. The number of carbonyl (C=O) groups excluding carboxylic acids is 1. The Labute approximate surface area is 92.1 Å². The maximum atomic E-state index is 11.1. The van der Waals surface area contributed by atoms with Gasteiger partial charge in [-0.15, -0.1) is 0 Å². The number of primary sulfonamides is 1. The number of rotatable bonds is 2. The SMILES string of the molecule is Cc1c(C(N)=O)cc(Cl)cc1S(N)(=O)=O. The average Bonchev–Trinajstić information content (AvgIpc) is 2.06. The van der Waals surface area contributed by atoms with Gasteiger partial charge in [-0.2, -0.15) is 0 Å². The summed E-state index contributed by atoms with van der Waals surface area (Å²) < 4.78 is 22.3. The van der Waals surface area contributed by atoms with E-state index < -0.39 is 15.9 Å². The zero-order valence-electron chi connectivity index (χ0n) is 7.82. The molecule has 1 aromatic rings. The van der Waals surface area contributed by atoms with Crippen LogP contribution in [0.15, 0.2) is 17.0 Å². The Bertz CT molecular complexity index is 525. The van der Waals surface area contributed by atoms with E-state index in [1.54, 1.807) is 0 Å². The summed E-state index contributed by atoms with van der Waals surface area (Å²) in [6, 6.07) is 2.48.